The number of alkyl halides is 3. The summed E-state index contributed by atoms with van der Waals surface area (Å²) in [5.41, 5.74) is -1.67. The van der Waals surface area contributed by atoms with Crippen molar-refractivity contribution in [2.24, 2.45) is 16.2 Å². The fourth-order valence-electron chi connectivity index (χ4n) is 2.35. The lowest BCUT2D eigenvalue weighted by Crippen LogP contribution is -2.47. The van der Waals surface area contributed by atoms with E-state index < -0.39 is 29.1 Å². The van der Waals surface area contributed by atoms with E-state index in [0.29, 0.717) is 6.42 Å². The number of hydrogen-bond acceptors (Lipinski definition) is 2. The fourth-order valence-corrected chi connectivity index (χ4v) is 2.35. The molecule has 0 spiro atoms. The summed E-state index contributed by atoms with van der Waals surface area (Å²) in [6.45, 7) is 14.5. The first kappa shape index (κ1) is 20.3. The Morgan fingerprint density at radius 1 is 1.00 bits per heavy atom. The van der Waals surface area contributed by atoms with Crippen molar-refractivity contribution >= 4 is 5.97 Å². The largest absolute Gasteiger partial charge is 0.452 e. The molecule has 0 aromatic rings. The summed E-state index contributed by atoms with van der Waals surface area (Å²) < 4.78 is 43.3. The molecule has 126 valence electrons. The first-order valence-electron chi connectivity index (χ1n) is 7.32. The maximum atomic E-state index is 12.8. The summed E-state index contributed by atoms with van der Waals surface area (Å²) in [7, 11) is 0. The van der Waals surface area contributed by atoms with Crippen LogP contribution in [-0.2, 0) is 9.53 Å². The van der Waals surface area contributed by atoms with Gasteiger partial charge in [0.2, 0.25) is 0 Å². The van der Waals surface area contributed by atoms with Gasteiger partial charge in [0.1, 0.15) is 0 Å². The van der Waals surface area contributed by atoms with E-state index in [2.05, 4.69) is 0 Å². The Kier molecular flexibility index (Phi) is 5.95. The smallest absolute Gasteiger partial charge is 0.425 e. The Morgan fingerprint density at radius 3 is 1.67 bits per heavy atom. The van der Waals surface area contributed by atoms with Gasteiger partial charge in [0.25, 0.3) is 0 Å². The van der Waals surface area contributed by atoms with Crippen molar-refractivity contribution in [1.29, 1.82) is 0 Å². The molecular weight excluding hydrogens is 281 g/mol. The first-order chi connectivity index (χ1) is 9.04. The molecule has 0 aliphatic rings. The van der Waals surface area contributed by atoms with Gasteiger partial charge in [0.05, 0.1) is 5.41 Å². The summed E-state index contributed by atoms with van der Waals surface area (Å²) >= 11 is 0. The summed E-state index contributed by atoms with van der Waals surface area (Å²) in [5, 5.41) is 0. The van der Waals surface area contributed by atoms with Crippen LogP contribution in [0.2, 0.25) is 0 Å². The summed E-state index contributed by atoms with van der Waals surface area (Å²) in [6.07, 6.45) is -6.38. The Morgan fingerprint density at radius 2 is 1.43 bits per heavy atom. The lowest BCUT2D eigenvalue weighted by atomic mass is 9.61. The van der Waals surface area contributed by atoms with Crippen molar-refractivity contribution in [3.8, 4) is 0 Å². The van der Waals surface area contributed by atoms with Gasteiger partial charge in [0, 0.05) is 0 Å². The monoisotopic (exact) mass is 310 g/mol. The molecule has 0 bridgehead atoms. The van der Waals surface area contributed by atoms with Crippen LogP contribution in [0.3, 0.4) is 0 Å². The molecule has 21 heavy (non-hydrogen) atoms. The van der Waals surface area contributed by atoms with Crippen LogP contribution in [0, 0.1) is 16.2 Å². The molecule has 0 heterocycles. The average molecular weight is 310 g/mol. The standard InChI is InChI=1S/C16H29F3O2/c1-9-11(16(17,18)19)21-12(20)15(8,14(5,6)7)10-13(2,3)4/h11H,9-10H2,1-8H3. The van der Waals surface area contributed by atoms with Crippen molar-refractivity contribution < 1.29 is 22.7 Å². The van der Waals surface area contributed by atoms with Gasteiger partial charge < -0.3 is 4.74 Å². The van der Waals surface area contributed by atoms with Crippen LogP contribution < -0.4 is 0 Å². The Balaban J connectivity index is 5.43. The lowest BCUT2D eigenvalue weighted by Gasteiger charge is -2.44. The molecule has 0 fully saturated rings. The number of halogens is 3. The molecule has 0 saturated carbocycles. The molecule has 2 atom stereocenters. The molecule has 0 aliphatic heterocycles. The third-order valence-electron chi connectivity index (χ3n) is 3.97. The van der Waals surface area contributed by atoms with Crippen LogP contribution >= 0.6 is 0 Å². The molecule has 0 radical (unpaired) electrons. The van der Waals surface area contributed by atoms with E-state index in [0.717, 1.165) is 0 Å². The summed E-state index contributed by atoms with van der Waals surface area (Å²) in [6, 6.07) is 0. The maximum absolute atomic E-state index is 12.8. The summed E-state index contributed by atoms with van der Waals surface area (Å²) in [4.78, 5) is 12.5. The minimum atomic E-state index is -4.52. The highest BCUT2D eigenvalue weighted by molar-refractivity contribution is 5.77. The van der Waals surface area contributed by atoms with E-state index in [1.165, 1.54) is 6.92 Å². The van der Waals surface area contributed by atoms with Crippen molar-refractivity contribution in [1.82, 2.24) is 0 Å². The average Bonchev–Trinajstić information content (AvgIpc) is 2.19. The van der Waals surface area contributed by atoms with E-state index in [9.17, 15) is 18.0 Å². The van der Waals surface area contributed by atoms with Gasteiger partial charge in [-0.2, -0.15) is 13.2 Å². The molecule has 0 N–H and O–H groups in total. The van der Waals surface area contributed by atoms with Gasteiger partial charge in [-0.25, -0.2) is 0 Å². The van der Waals surface area contributed by atoms with Gasteiger partial charge in [-0.05, 0) is 30.6 Å². The van der Waals surface area contributed by atoms with Crippen LogP contribution in [0.5, 0.6) is 0 Å². The number of carbonyl (C=O) groups excluding carboxylic acids is 1. The second kappa shape index (κ2) is 6.17. The molecule has 5 heteroatoms. The Bertz CT molecular complexity index is 361. The van der Waals surface area contributed by atoms with E-state index in [-0.39, 0.29) is 11.8 Å². The topological polar surface area (TPSA) is 26.3 Å². The zero-order valence-corrected chi connectivity index (χ0v) is 14.4. The van der Waals surface area contributed by atoms with Gasteiger partial charge in [-0.15, -0.1) is 0 Å². The van der Waals surface area contributed by atoms with Crippen molar-refractivity contribution in [3.05, 3.63) is 0 Å². The number of rotatable bonds is 4. The molecule has 0 aliphatic carbocycles. The molecule has 0 saturated heterocycles. The number of ether oxygens (including phenoxy) is 1. The van der Waals surface area contributed by atoms with Crippen molar-refractivity contribution in [2.45, 2.75) is 80.5 Å². The third-order valence-corrected chi connectivity index (χ3v) is 3.97. The molecule has 2 nitrogen and oxygen atoms in total. The van der Waals surface area contributed by atoms with E-state index in [1.54, 1.807) is 6.92 Å². The SMILES string of the molecule is CCC(OC(=O)C(C)(CC(C)(C)C)C(C)(C)C)C(F)(F)F. The Labute approximate surface area is 126 Å². The molecule has 0 amide bonds. The van der Waals surface area contributed by atoms with Crippen LogP contribution in [0.4, 0.5) is 13.2 Å². The third kappa shape index (κ3) is 5.51. The van der Waals surface area contributed by atoms with E-state index >= 15 is 0 Å². The van der Waals surface area contributed by atoms with Crippen molar-refractivity contribution in [2.75, 3.05) is 0 Å². The molecule has 2 unspecified atom stereocenters. The molecule has 0 aromatic carbocycles. The highest BCUT2D eigenvalue weighted by Gasteiger charge is 2.50. The predicted octanol–water partition coefficient (Wildman–Crippen LogP) is 5.36. The second-order valence-corrected chi connectivity index (χ2v) is 8.16. The normalized spacial score (nSPS) is 18.0. The zero-order valence-electron chi connectivity index (χ0n) is 14.4. The van der Waals surface area contributed by atoms with Gasteiger partial charge >= 0.3 is 12.1 Å². The zero-order chi connectivity index (χ0) is 17.3. The lowest BCUT2D eigenvalue weighted by molar-refractivity contribution is -0.230. The summed E-state index contributed by atoms with van der Waals surface area (Å²) in [5.74, 6) is -0.769. The van der Waals surface area contributed by atoms with Crippen LogP contribution in [-0.4, -0.2) is 18.2 Å². The fraction of sp³-hybridized carbons (Fsp3) is 0.938. The van der Waals surface area contributed by atoms with Crippen LogP contribution in [0.25, 0.3) is 0 Å². The minimum absolute atomic E-state index is 0.193. The predicted molar refractivity (Wildman–Crippen MR) is 77.9 cm³/mol. The van der Waals surface area contributed by atoms with Gasteiger partial charge in [0.15, 0.2) is 6.10 Å². The number of hydrogen-bond donors (Lipinski definition) is 0. The van der Waals surface area contributed by atoms with Crippen LogP contribution in [0.1, 0.15) is 68.2 Å². The van der Waals surface area contributed by atoms with Crippen LogP contribution in [0.15, 0.2) is 0 Å². The minimum Gasteiger partial charge on any atom is -0.452 e. The van der Waals surface area contributed by atoms with E-state index in [4.69, 9.17) is 4.74 Å². The highest BCUT2D eigenvalue weighted by atomic mass is 19.4. The highest BCUT2D eigenvalue weighted by Crippen LogP contribution is 2.48. The first-order valence-corrected chi connectivity index (χ1v) is 7.32. The van der Waals surface area contributed by atoms with Gasteiger partial charge in [-0.3, -0.25) is 4.79 Å². The number of carbonyl (C=O) groups is 1. The quantitative estimate of drug-likeness (QED) is 0.653. The number of esters is 1. The van der Waals surface area contributed by atoms with Crippen molar-refractivity contribution in [3.63, 3.8) is 0 Å². The van der Waals surface area contributed by atoms with Gasteiger partial charge in [-0.1, -0.05) is 48.5 Å². The maximum Gasteiger partial charge on any atom is 0.425 e. The molecule has 0 rings (SSSR count). The Hall–Kier alpha value is -0.740. The second-order valence-electron chi connectivity index (χ2n) is 8.16. The van der Waals surface area contributed by atoms with E-state index in [1.807, 2.05) is 41.5 Å². The molecule has 0 aromatic heterocycles. The molecular formula is C16H29F3O2.